The number of rotatable bonds is 7. The molecule has 1 unspecified atom stereocenters. The van der Waals surface area contributed by atoms with E-state index in [-0.39, 0.29) is 24.8 Å². The lowest BCUT2D eigenvalue weighted by molar-refractivity contribution is -0.127. The van der Waals surface area contributed by atoms with Crippen LogP contribution >= 0.6 is 11.6 Å². The average Bonchev–Trinajstić information content (AvgIpc) is 3.30. The van der Waals surface area contributed by atoms with Gasteiger partial charge in [-0.1, -0.05) is 35.9 Å². The number of benzene rings is 2. The second kappa shape index (κ2) is 10.3. The normalized spacial score (nSPS) is 17.2. The number of ether oxygens (including phenoxy) is 3. The maximum absolute atomic E-state index is 12.9. The molecule has 9 nitrogen and oxygen atoms in total. The standard InChI is InChI=1S/C23H21ClN4O5/c24-19-3-1-2-4-20(19)32-17-7-5-16(6-8-17)11-27-21(29)23(9-10-31-14-23)28-22(30)33-18-12-25-15-26-13-18/h1-8,12-13,15H,9-11,14H2,(H,27,29)(H,28,30). The number of amides is 2. The third kappa shape index (κ3) is 5.76. The summed E-state index contributed by atoms with van der Waals surface area (Å²) in [6.07, 6.45) is 3.56. The van der Waals surface area contributed by atoms with Crippen molar-refractivity contribution in [2.24, 2.45) is 0 Å². The zero-order chi connectivity index (χ0) is 23.1. The molecule has 2 aromatic carbocycles. The van der Waals surface area contributed by atoms with Gasteiger partial charge in [0.25, 0.3) is 0 Å². The van der Waals surface area contributed by atoms with Crippen LogP contribution in [0.4, 0.5) is 4.79 Å². The highest BCUT2D eigenvalue weighted by molar-refractivity contribution is 6.32. The Balaban J connectivity index is 1.34. The summed E-state index contributed by atoms with van der Waals surface area (Å²) in [6.45, 7) is 0.649. The molecule has 33 heavy (non-hydrogen) atoms. The van der Waals surface area contributed by atoms with Crippen LogP contribution in [0.1, 0.15) is 12.0 Å². The molecule has 0 aliphatic carbocycles. The Bertz CT molecular complexity index is 1110. The number of carbonyl (C=O) groups is 2. The molecule has 2 N–H and O–H groups in total. The van der Waals surface area contributed by atoms with Gasteiger partial charge in [-0.2, -0.15) is 0 Å². The first-order chi connectivity index (χ1) is 16.0. The van der Waals surface area contributed by atoms with Crippen LogP contribution in [0.2, 0.25) is 5.02 Å². The van der Waals surface area contributed by atoms with Gasteiger partial charge in [-0.3, -0.25) is 4.79 Å². The lowest BCUT2D eigenvalue weighted by Gasteiger charge is -2.27. The van der Waals surface area contributed by atoms with E-state index in [1.165, 1.54) is 18.7 Å². The highest BCUT2D eigenvalue weighted by Gasteiger charge is 2.44. The van der Waals surface area contributed by atoms with Gasteiger partial charge in [-0.25, -0.2) is 14.8 Å². The van der Waals surface area contributed by atoms with Gasteiger partial charge in [0.15, 0.2) is 5.75 Å². The second-order valence-electron chi connectivity index (χ2n) is 7.33. The molecule has 1 aromatic heterocycles. The summed E-state index contributed by atoms with van der Waals surface area (Å²) < 4.78 is 16.3. The Morgan fingerprint density at radius 1 is 1.06 bits per heavy atom. The van der Waals surface area contributed by atoms with Crippen LogP contribution < -0.4 is 20.1 Å². The van der Waals surface area contributed by atoms with Crippen LogP contribution in [-0.2, 0) is 16.1 Å². The molecule has 0 bridgehead atoms. The number of nitrogens with zero attached hydrogens (tertiary/aromatic N) is 2. The van der Waals surface area contributed by atoms with Gasteiger partial charge in [0.2, 0.25) is 5.91 Å². The molecule has 4 rings (SSSR count). The van der Waals surface area contributed by atoms with Gasteiger partial charge in [0, 0.05) is 19.6 Å². The van der Waals surface area contributed by atoms with Crippen molar-refractivity contribution in [3.05, 3.63) is 77.8 Å². The van der Waals surface area contributed by atoms with Gasteiger partial charge in [-0.05, 0) is 29.8 Å². The van der Waals surface area contributed by atoms with Crippen molar-refractivity contribution in [1.82, 2.24) is 20.6 Å². The molecular formula is C23H21ClN4O5. The Morgan fingerprint density at radius 2 is 1.82 bits per heavy atom. The Hall–Kier alpha value is -3.69. The predicted octanol–water partition coefficient (Wildman–Crippen LogP) is 3.49. The number of nitrogens with one attached hydrogen (secondary N) is 2. The summed E-state index contributed by atoms with van der Waals surface area (Å²) in [6, 6.07) is 14.4. The minimum absolute atomic E-state index is 0.0455. The molecule has 170 valence electrons. The quantitative estimate of drug-likeness (QED) is 0.546. The van der Waals surface area contributed by atoms with Crippen LogP contribution in [0.5, 0.6) is 17.2 Å². The lowest BCUT2D eigenvalue weighted by atomic mass is 9.97. The van der Waals surface area contributed by atoms with E-state index >= 15 is 0 Å². The Morgan fingerprint density at radius 3 is 2.52 bits per heavy atom. The highest BCUT2D eigenvalue weighted by Crippen LogP contribution is 2.29. The maximum atomic E-state index is 12.9. The molecule has 0 saturated carbocycles. The molecule has 0 spiro atoms. The molecule has 1 fully saturated rings. The van der Waals surface area contributed by atoms with Gasteiger partial charge in [-0.15, -0.1) is 0 Å². The summed E-state index contributed by atoms with van der Waals surface area (Å²) in [7, 11) is 0. The number of aromatic nitrogens is 2. The number of carbonyl (C=O) groups excluding carboxylic acids is 2. The first-order valence-corrected chi connectivity index (χ1v) is 10.5. The highest BCUT2D eigenvalue weighted by atomic mass is 35.5. The summed E-state index contributed by atoms with van der Waals surface area (Å²) in [5.41, 5.74) is -0.368. The van der Waals surface area contributed by atoms with Crippen molar-refractivity contribution in [3.8, 4) is 17.2 Å². The van der Waals surface area contributed by atoms with Crippen molar-refractivity contribution < 1.29 is 23.8 Å². The third-order valence-electron chi connectivity index (χ3n) is 4.99. The van der Waals surface area contributed by atoms with E-state index in [1.54, 1.807) is 24.3 Å². The molecule has 1 atom stereocenters. The van der Waals surface area contributed by atoms with Crippen LogP contribution in [0.3, 0.4) is 0 Å². The first-order valence-electron chi connectivity index (χ1n) is 10.2. The van der Waals surface area contributed by atoms with E-state index in [2.05, 4.69) is 20.6 Å². The van der Waals surface area contributed by atoms with E-state index in [9.17, 15) is 9.59 Å². The zero-order valence-electron chi connectivity index (χ0n) is 17.5. The molecule has 0 radical (unpaired) electrons. The van der Waals surface area contributed by atoms with E-state index in [1.807, 2.05) is 24.3 Å². The van der Waals surface area contributed by atoms with Gasteiger partial charge >= 0.3 is 6.09 Å². The smallest absolute Gasteiger partial charge is 0.413 e. The summed E-state index contributed by atoms with van der Waals surface area (Å²) >= 11 is 6.12. The minimum Gasteiger partial charge on any atom is -0.456 e. The molecule has 2 amide bonds. The van der Waals surface area contributed by atoms with Crippen LogP contribution in [0.25, 0.3) is 0 Å². The summed E-state index contributed by atoms with van der Waals surface area (Å²) in [5.74, 6) is 0.984. The molecule has 1 aliphatic heterocycles. The molecule has 2 heterocycles. The Labute approximate surface area is 195 Å². The van der Waals surface area contributed by atoms with Crippen molar-refractivity contribution in [1.29, 1.82) is 0 Å². The minimum atomic E-state index is -1.22. The van der Waals surface area contributed by atoms with Crippen LogP contribution in [-0.4, -0.2) is 40.7 Å². The molecular weight excluding hydrogens is 448 g/mol. The second-order valence-corrected chi connectivity index (χ2v) is 7.74. The van der Waals surface area contributed by atoms with E-state index in [0.29, 0.717) is 29.5 Å². The maximum Gasteiger partial charge on any atom is 0.413 e. The monoisotopic (exact) mass is 468 g/mol. The first kappa shape index (κ1) is 22.5. The predicted molar refractivity (Wildman–Crippen MR) is 119 cm³/mol. The van der Waals surface area contributed by atoms with E-state index in [4.69, 9.17) is 25.8 Å². The van der Waals surface area contributed by atoms with Crippen molar-refractivity contribution in [2.75, 3.05) is 13.2 Å². The zero-order valence-corrected chi connectivity index (χ0v) is 18.2. The average molecular weight is 469 g/mol. The molecule has 10 heteroatoms. The van der Waals surface area contributed by atoms with Crippen molar-refractivity contribution in [2.45, 2.75) is 18.5 Å². The molecule has 1 aliphatic rings. The SMILES string of the molecule is O=C(NC1(C(=O)NCc2ccc(Oc3ccccc3Cl)cc2)CCOC1)Oc1cncnc1. The summed E-state index contributed by atoms with van der Waals surface area (Å²) in [4.78, 5) is 32.8. The van der Waals surface area contributed by atoms with Gasteiger partial charge in [0.05, 0.1) is 24.0 Å². The molecule has 1 saturated heterocycles. The number of halogens is 1. The lowest BCUT2D eigenvalue weighted by Crippen LogP contribution is -2.59. The van der Waals surface area contributed by atoms with E-state index in [0.717, 1.165) is 5.56 Å². The van der Waals surface area contributed by atoms with Crippen LogP contribution in [0, 0.1) is 0 Å². The van der Waals surface area contributed by atoms with E-state index < -0.39 is 11.6 Å². The molecule has 3 aromatic rings. The fourth-order valence-corrected chi connectivity index (χ4v) is 3.42. The largest absolute Gasteiger partial charge is 0.456 e. The fraction of sp³-hybridized carbons (Fsp3) is 0.217. The van der Waals surface area contributed by atoms with Crippen LogP contribution in [0.15, 0.2) is 67.3 Å². The summed E-state index contributed by atoms with van der Waals surface area (Å²) in [5, 5.41) is 6.00. The fourth-order valence-electron chi connectivity index (χ4n) is 3.25. The van der Waals surface area contributed by atoms with Crippen molar-refractivity contribution in [3.63, 3.8) is 0 Å². The third-order valence-corrected chi connectivity index (χ3v) is 5.30. The van der Waals surface area contributed by atoms with Crippen molar-refractivity contribution >= 4 is 23.6 Å². The number of hydrogen-bond acceptors (Lipinski definition) is 7. The topological polar surface area (TPSA) is 112 Å². The number of para-hydroxylation sites is 1. The van der Waals surface area contributed by atoms with Gasteiger partial charge < -0.3 is 24.8 Å². The Kier molecular flexibility index (Phi) is 7.01. The number of hydrogen-bond donors (Lipinski definition) is 2. The van der Waals surface area contributed by atoms with Gasteiger partial charge in [0.1, 0.15) is 23.4 Å².